The fourth-order valence-corrected chi connectivity index (χ4v) is 2.77. The second kappa shape index (κ2) is 4.98. The molecule has 1 fully saturated rings. The Balaban J connectivity index is 1.67. The van der Waals surface area contributed by atoms with E-state index >= 15 is 0 Å². The molecular formula is C14H19N3O. The second-order valence-corrected chi connectivity index (χ2v) is 5.00. The lowest BCUT2D eigenvalue weighted by molar-refractivity contribution is 0.239. The van der Waals surface area contributed by atoms with Gasteiger partial charge in [0.05, 0.1) is 0 Å². The lowest BCUT2D eigenvalue weighted by Crippen LogP contribution is -2.48. The van der Waals surface area contributed by atoms with Gasteiger partial charge in [0, 0.05) is 18.3 Å². The van der Waals surface area contributed by atoms with Crippen LogP contribution in [0.3, 0.4) is 0 Å². The van der Waals surface area contributed by atoms with E-state index in [9.17, 15) is 4.79 Å². The minimum absolute atomic E-state index is 0.0619. The van der Waals surface area contributed by atoms with Crippen LogP contribution in [0.5, 0.6) is 0 Å². The number of benzene rings is 1. The van der Waals surface area contributed by atoms with Crippen LogP contribution in [0.2, 0.25) is 0 Å². The second-order valence-electron chi connectivity index (χ2n) is 5.00. The predicted octanol–water partition coefficient (Wildman–Crippen LogP) is 1.51. The van der Waals surface area contributed by atoms with Crippen LogP contribution in [-0.4, -0.2) is 31.7 Å². The van der Waals surface area contributed by atoms with Gasteiger partial charge in [-0.3, -0.25) is 4.90 Å². The monoisotopic (exact) mass is 245 g/mol. The Bertz CT molecular complexity index is 440. The summed E-state index contributed by atoms with van der Waals surface area (Å²) in [5.41, 5.74) is 2.35. The molecule has 2 amide bonds. The first-order chi connectivity index (χ1) is 8.84. The number of urea groups is 1. The summed E-state index contributed by atoms with van der Waals surface area (Å²) < 4.78 is 0. The Morgan fingerprint density at radius 1 is 1.28 bits per heavy atom. The van der Waals surface area contributed by atoms with Crippen molar-refractivity contribution in [3.8, 4) is 0 Å². The van der Waals surface area contributed by atoms with E-state index in [0.717, 1.165) is 44.6 Å². The van der Waals surface area contributed by atoms with Crippen LogP contribution < -0.4 is 15.5 Å². The summed E-state index contributed by atoms with van der Waals surface area (Å²) in [6.07, 6.45) is 3.03. The van der Waals surface area contributed by atoms with E-state index in [1.165, 1.54) is 5.56 Å². The molecule has 1 saturated heterocycles. The fourth-order valence-electron chi connectivity index (χ4n) is 2.77. The number of nitrogens with one attached hydrogen (secondary N) is 2. The summed E-state index contributed by atoms with van der Waals surface area (Å²) in [5, 5.41) is 6.46. The van der Waals surface area contributed by atoms with Crippen molar-refractivity contribution in [1.82, 2.24) is 10.6 Å². The van der Waals surface area contributed by atoms with Gasteiger partial charge in [0.2, 0.25) is 0 Å². The van der Waals surface area contributed by atoms with Crippen molar-refractivity contribution in [2.24, 2.45) is 0 Å². The zero-order chi connectivity index (χ0) is 12.4. The molecule has 2 heterocycles. The zero-order valence-electron chi connectivity index (χ0n) is 10.5. The van der Waals surface area contributed by atoms with Crippen LogP contribution in [-0.2, 0) is 6.42 Å². The van der Waals surface area contributed by atoms with Gasteiger partial charge in [-0.25, -0.2) is 4.79 Å². The van der Waals surface area contributed by atoms with Gasteiger partial charge in [-0.2, -0.15) is 0 Å². The maximum atomic E-state index is 12.3. The third-order valence-corrected chi connectivity index (χ3v) is 3.80. The third-order valence-electron chi connectivity index (χ3n) is 3.80. The summed E-state index contributed by atoms with van der Waals surface area (Å²) in [6, 6.07) is 8.55. The normalized spacial score (nSPS) is 19.7. The molecule has 1 aromatic rings. The van der Waals surface area contributed by atoms with Crippen LogP contribution in [0.25, 0.3) is 0 Å². The van der Waals surface area contributed by atoms with Gasteiger partial charge in [0.15, 0.2) is 0 Å². The van der Waals surface area contributed by atoms with E-state index in [1.807, 2.05) is 23.1 Å². The number of nitrogens with zero attached hydrogens (tertiary/aromatic N) is 1. The van der Waals surface area contributed by atoms with Gasteiger partial charge in [0.1, 0.15) is 0 Å². The Morgan fingerprint density at radius 3 is 2.89 bits per heavy atom. The van der Waals surface area contributed by atoms with Gasteiger partial charge >= 0.3 is 6.03 Å². The van der Waals surface area contributed by atoms with E-state index in [4.69, 9.17) is 0 Å². The first-order valence-corrected chi connectivity index (χ1v) is 6.71. The molecule has 0 aromatic heterocycles. The molecule has 0 radical (unpaired) electrons. The van der Waals surface area contributed by atoms with Gasteiger partial charge < -0.3 is 10.6 Å². The summed E-state index contributed by atoms with van der Waals surface area (Å²) in [6.45, 7) is 2.80. The molecule has 4 nitrogen and oxygen atoms in total. The number of amides is 2. The van der Waals surface area contributed by atoms with E-state index < -0.39 is 0 Å². The predicted molar refractivity (Wildman–Crippen MR) is 71.9 cm³/mol. The first kappa shape index (κ1) is 11.5. The summed E-state index contributed by atoms with van der Waals surface area (Å²) in [7, 11) is 0. The van der Waals surface area contributed by atoms with Crippen LogP contribution in [0.1, 0.15) is 18.4 Å². The Morgan fingerprint density at radius 2 is 2.06 bits per heavy atom. The topological polar surface area (TPSA) is 44.4 Å². The lowest BCUT2D eigenvalue weighted by atomic mass is 10.1. The highest BCUT2D eigenvalue weighted by molar-refractivity contribution is 5.94. The molecule has 0 aliphatic carbocycles. The molecule has 18 heavy (non-hydrogen) atoms. The molecule has 0 atom stereocenters. The molecule has 0 saturated carbocycles. The van der Waals surface area contributed by atoms with Crippen molar-refractivity contribution >= 4 is 11.7 Å². The third kappa shape index (κ3) is 2.20. The molecule has 4 heteroatoms. The fraction of sp³-hybridized carbons (Fsp3) is 0.500. The maximum Gasteiger partial charge on any atom is 0.322 e. The summed E-state index contributed by atoms with van der Waals surface area (Å²) in [4.78, 5) is 14.1. The van der Waals surface area contributed by atoms with Gasteiger partial charge in [-0.1, -0.05) is 18.2 Å². The van der Waals surface area contributed by atoms with Crippen molar-refractivity contribution in [3.63, 3.8) is 0 Å². The summed E-state index contributed by atoms with van der Waals surface area (Å²) >= 11 is 0. The number of fused-ring (bicyclic) bond motifs is 1. The minimum atomic E-state index is 0.0619. The number of rotatable bonds is 1. The number of carbonyl (C=O) groups excluding carboxylic acids is 1. The molecule has 96 valence electrons. The molecule has 1 aromatic carbocycles. The number of hydrogen-bond acceptors (Lipinski definition) is 2. The van der Waals surface area contributed by atoms with Crippen molar-refractivity contribution < 1.29 is 4.79 Å². The van der Waals surface area contributed by atoms with E-state index in [2.05, 4.69) is 16.7 Å². The van der Waals surface area contributed by atoms with E-state index in [-0.39, 0.29) is 6.03 Å². The quantitative estimate of drug-likeness (QED) is 0.787. The smallest absolute Gasteiger partial charge is 0.322 e. The van der Waals surface area contributed by atoms with Crippen molar-refractivity contribution in [2.75, 3.05) is 24.5 Å². The Kier molecular flexibility index (Phi) is 3.19. The number of anilines is 1. The van der Waals surface area contributed by atoms with Crippen molar-refractivity contribution in [1.29, 1.82) is 0 Å². The lowest BCUT2D eigenvalue weighted by Gasteiger charge is -2.26. The van der Waals surface area contributed by atoms with E-state index in [0.29, 0.717) is 6.04 Å². The number of carbonyl (C=O) groups is 1. The molecule has 0 spiro atoms. The van der Waals surface area contributed by atoms with Crippen molar-refractivity contribution in [2.45, 2.75) is 25.3 Å². The van der Waals surface area contributed by atoms with Gasteiger partial charge in [-0.15, -0.1) is 0 Å². The molecule has 2 N–H and O–H groups in total. The Labute approximate surface area is 107 Å². The molecular weight excluding hydrogens is 226 g/mol. The van der Waals surface area contributed by atoms with Gasteiger partial charge in [-0.05, 0) is 44.0 Å². The Hall–Kier alpha value is -1.55. The zero-order valence-corrected chi connectivity index (χ0v) is 10.5. The van der Waals surface area contributed by atoms with Crippen molar-refractivity contribution in [3.05, 3.63) is 29.8 Å². The van der Waals surface area contributed by atoms with E-state index in [1.54, 1.807) is 0 Å². The largest absolute Gasteiger partial charge is 0.335 e. The van der Waals surface area contributed by atoms with Crippen LogP contribution in [0, 0.1) is 0 Å². The molecule has 0 unspecified atom stereocenters. The average Bonchev–Trinajstić information content (AvgIpc) is 2.84. The molecule has 0 bridgehead atoms. The highest BCUT2D eigenvalue weighted by Crippen LogP contribution is 2.27. The minimum Gasteiger partial charge on any atom is -0.335 e. The maximum absolute atomic E-state index is 12.3. The highest BCUT2D eigenvalue weighted by Gasteiger charge is 2.26. The number of para-hydroxylation sites is 1. The number of hydrogen-bond donors (Lipinski definition) is 2. The molecule has 3 rings (SSSR count). The standard InChI is InChI=1S/C14H19N3O/c18-14(16-12-5-8-15-9-6-12)17-10-7-11-3-1-2-4-13(11)17/h1-4,12,15H,5-10H2,(H,16,18). The highest BCUT2D eigenvalue weighted by atomic mass is 16.2. The summed E-state index contributed by atoms with van der Waals surface area (Å²) in [5.74, 6) is 0. The van der Waals surface area contributed by atoms with Gasteiger partial charge in [0.25, 0.3) is 0 Å². The van der Waals surface area contributed by atoms with Crippen LogP contribution in [0.15, 0.2) is 24.3 Å². The average molecular weight is 245 g/mol. The SMILES string of the molecule is O=C(NC1CCNCC1)N1CCc2ccccc21. The van der Waals surface area contributed by atoms with Crippen LogP contribution in [0.4, 0.5) is 10.5 Å². The number of piperidine rings is 1. The van der Waals surface area contributed by atoms with Crippen LogP contribution >= 0.6 is 0 Å². The molecule has 2 aliphatic rings. The first-order valence-electron chi connectivity index (χ1n) is 6.71. The molecule has 2 aliphatic heterocycles.